The minimum Gasteiger partial charge on any atom is -0.441 e. The van der Waals surface area contributed by atoms with Crippen molar-refractivity contribution in [2.45, 2.75) is 46.0 Å². The Morgan fingerprint density at radius 1 is 1.18 bits per heavy atom. The molecule has 0 spiro atoms. The highest BCUT2D eigenvalue weighted by molar-refractivity contribution is 6.36. The average Bonchev–Trinajstić information content (AvgIpc) is 3.21. The second-order valence-corrected chi connectivity index (χ2v) is 8.85. The number of halogens is 2. The summed E-state index contributed by atoms with van der Waals surface area (Å²) in [5.41, 5.74) is 2.56. The number of hydrogen-bond acceptors (Lipinski definition) is 6. The van der Waals surface area contributed by atoms with E-state index in [2.05, 4.69) is 16.5 Å². The Kier molecular flexibility index (Phi) is 8.53. The van der Waals surface area contributed by atoms with E-state index in [1.165, 1.54) is 6.92 Å². The van der Waals surface area contributed by atoms with Gasteiger partial charge in [-0.2, -0.15) is 0 Å². The summed E-state index contributed by atoms with van der Waals surface area (Å²) in [5, 5.41) is 0.966. The van der Waals surface area contributed by atoms with Gasteiger partial charge >= 0.3 is 5.97 Å². The number of allylic oxidation sites excluding steroid dienone is 1. The van der Waals surface area contributed by atoms with Gasteiger partial charge in [-0.3, -0.25) is 14.6 Å². The van der Waals surface area contributed by atoms with Crippen molar-refractivity contribution < 1.29 is 23.8 Å². The molecular formula is C26H25Cl2NO5. The lowest BCUT2D eigenvalue weighted by molar-refractivity contribution is -0.211. The molecule has 1 heterocycles. The number of rotatable bonds is 10. The number of nitrogens with zero attached hydrogens (tertiary/aromatic N) is 1. The summed E-state index contributed by atoms with van der Waals surface area (Å²) in [7, 11) is 0. The zero-order chi connectivity index (χ0) is 24.8. The molecule has 0 amide bonds. The van der Waals surface area contributed by atoms with Crippen LogP contribution in [0.5, 0.6) is 5.75 Å². The minimum absolute atomic E-state index is 0.0619. The number of aromatic nitrogens is 1. The number of hydrogen-bond donors (Lipinski definition) is 0. The molecule has 3 rings (SSSR count). The quantitative estimate of drug-likeness (QED) is 0.127. The first kappa shape index (κ1) is 25.5. The third-order valence-corrected chi connectivity index (χ3v) is 5.55. The molecule has 1 aromatic heterocycles. The number of carbonyl (C=O) groups excluding carboxylic acids is 2. The van der Waals surface area contributed by atoms with Crippen LogP contribution in [0, 0.1) is 0 Å². The van der Waals surface area contributed by atoms with Crippen LogP contribution in [0.25, 0.3) is 11.5 Å². The molecule has 0 aliphatic heterocycles. The summed E-state index contributed by atoms with van der Waals surface area (Å²) in [5.74, 6) is 0.911. The Balaban J connectivity index is 1.80. The predicted molar refractivity (Wildman–Crippen MR) is 131 cm³/mol. The van der Waals surface area contributed by atoms with E-state index in [9.17, 15) is 9.59 Å². The molecule has 0 radical (unpaired) electrons. The highest BCUT2D eigenvalue weighted by Gasteiger charge is 2.20. The van der Waals surface area contributed by atoms with Gasteiger partial charge in [-0.15, -0.1) is 6.58 Å². The maximum absolute atomic E-state index is 13.0. The third-order valence-electron chi connectivity index (χ3n) is 5.00. The molecule has 34 heavy (non-hydrogen) atoms. The van der Waals surface area contributed by atoms with Crippen molar-refractivity contribution in [2.24, 2.45) is 0 Å². The van der Waals surface area contributed by atoms with Gasteiger partial charge in [0, 0.05) is 41.8 Å². The molecule has 0 saturated heterocycles. The van der Waals surface area contributed by atoms with E-state index < -0.39 is 5.97 Å². The van der Waals surface area contributed by atoms with E-state index in [4.69, 9.17) is 32.5 Å². The van der Waals surface area contributed by atoms with E-state index in [0.29, 0.717) is 62.7 Å². The van der Waals surface area contributed by atoms with Gasteiger partial charge in [0.15, 0.2) is 11.5 Å². The molecule has 3 aromatic rings. The van der Waals surface area contributed by atoms with Crippen LogP contribution in [0.3, 0.4) is 0 Å². The summed E-state index contributed by atoms with van der Waals surface area (Å²) >= 11 is 12.3. The lowest BCUT2D eigenvalue weighted by Gasteiger charge is -2.09. The lowest BCUT2D eigenvalue weighted by Crippen LogP contribution is -2.07. The third kappa shape index (κ3) is 6.27. The van der Waals surface area contributed by atoms with Gasteiger partial charge in [0.25, 0.3) is 0 Å². The summed E-state index contributed by atoms with van der Waals surface area (Å²) < 4.78 is 6.01. The van der Waals surface area contributed by atoms with Crippen molar-refractivity contribution in [3.05, 3.63) is 81.7 Å². The van der Waals surface area contributed by atoms with Crippen molar-refractivity contribution in [3.63, 3.8) is 0 Å². The van der Waals surface area contributed by atoms with E-state index in [-0.39, 0.29) is 18.1 Å². The van der Waals surface area contributed by atoms with Gasteiger partial charge in [0.1, 0.15) is 5.76 Å². The van der Waals surface area contributed by atoms with Crippen molar-refractivity contribution in [1.82, 2.24) is 4.98 Å². The predicted octanol–water partition coefficient (Wildman–Crippen LogP) is 7.17. The molecule has 0 unspecified atom stereocenters. The molecule has 8 heteroatoms. The summed E-state index contributed by atoms with van der Waals surface area (Å²) in [6.07, 6.45) is 2.77. The van der Waals surface area contributed by atoms with E-state index >= 15 is 0 Å². The van der Waals surface area contributed by atoms with Crippen LogP contribution in [0.4, 0.5) is 0 Å². The molecule has 6 nitrogen and oxygen atoms in total. The van der Waals surface area contributed by atoms with Gasteiger partial charge < -0.3 is 4.42 Å². The van der Waals surface area contributed by atoms with Crippen LogP contribution < -0.4 is 4.89 Å². The van der Waals surface area contributed by atoms with Crippen molar-refractivity contribution >= 4 is 35.0 Å². The number of oxazole rings is 1. The molecule has 0 bridgehead atoms. The number of ketones is 1. The van der Waals surface area contributed by atoms with Gasteiger partial charge in [-0.25, -0.2) is 9.78 Å². The fourth-order valence-electron chi connectivity index (χ4n) is 3.40. The first-order valence-electron chi connectivity index (χ1n) is 10.8. The van der Waals surface area contributed by atoms with Gasteiger partial charge in [-0.1, -0.05) is 43.1 Å². The maximum atomic E-state index is 13.0. The first-order chi connectivity index (χ1) is 16.2. The zero-order valence-corrected chi connectivity index (χ0v) is 20.7. The average molecular weight is 502 g/mol. The van der Waals surface area contributed by atoms with E-state index in [1.54, 1.807) is 42.5 Å². The Morgan fingerprint density at radius 3 is 2.59 bits per heavy atom. The summed E-state index contributed by atoms with van der Waals surface area (Å²) in [4.78, 5) is 38.3. The minimum atomic E-state index is -0.572. The molecule has 2 aromatic carbocycles. The SMILES string of the molecule is C=CCc1cc(C(=O)CCc2nc(-c3ccc(Cl)cc3Cl)oc2C(C)C)ccc1OOC(C)=O. The Labute approximate surface area is 208 Å². The van der Waals surface area contributed by atoms with Gasteiger partial charge in [0.2, 0.25) is 5.89 Å². The van der Waals surface area contributed by atoms with Crippen LogP contribution in [-0.4, -0.2) is 16.7 Å². The Bertz CT molecular complexity index is 1220. The van der Waals surface area contributed by atoms with Crippen LogP contribution in [-0.2, 0) is 22.5 Å². The second-order valence-electron chi connectivity index (χ2n) is 8.01. The van der Waals surface area contributed by atoms with Gasteiger partial charge in [-0.05, 0) is 42.8 Å². The van der Waals surface area contributed by atoms with Crippen LogP contribution in [0.15, 0.2) is 53.5 Å². The Morgan fingerprint density at radius 2 is 1.94 bits per heavy atom. The highest BCUT2D eigenvalue weighted by atomic mass is 35.5. The molecule has 0 aliphatic carbocycles. The van der Waals surface area contributed by atoms with Crippen LogP contribution in [0.1, 0.15) is 60.5 Å². The lowest BCUT2D eigenvalue weighted by atomic mass is 9.99. The molecule has 178 valence electrons. The molecule has 0 N–H and O–H groups in total. The van der Waals surface area contributed by atoms with Crippen LogP contribution >= 0.6 is 23.2 Å². The largest absolute Gasteiger partial charge is 0.441 e. The number of Topliss-reactive ketones (excluding diaryl/α,β-unsaturated/α-hetero) is 1. The van der Waals surface area contributed by atoms with Crippen molar-refractivity contribution in [2.75, 3.05) is 0 Å². The monoisotopic (exact) mass is 501 g/mol. The zero-order valence-electron chi connectivity index (χ0n) is 19.2. The maximum Gasteiger partial charge on any atom is 0.352 e. The summed E-state index contributed by atoms with van der Waals surface area (Å²) in [6, 6.07) is 10.1. The molecular weight excluding hydrogens is 477 g/mol. The van der Waals surface area contributed by atoms with Gasteiger partial charge in [0.05, 0.1) is 16.3 Å². The van der Waals surface area contributed by atoms with E-state index in [0.717, 1.165) is 0 Å². The number of benzene rings is 2. The van der Waals surface area contributed by atoms with Crippen molar-refractivity contribution in [3.8, 4) is 17.2 Å². The fraction of sp³-hybridized carbons (Fsp3) is 0.269. The summed E-state index contributed by atoms with van der Waals surface area (Å²) in [6.45, 7) is 8.97. The Hall–Kier alpha value is -3.09. The normalized spacial score (nSPS) is 10.9. The molecule has 0 atom stereocenters. The van der Waals surface area contributed by atoms with Crippen LogP contribution in [0.2, 0.25) is 10.0 Å². The molecule has 0 saturated carbocycles. The fourth-order valence-corrected chi connectivity index (χ4v) is 3.89. The van der Waals surface area contributed by atoms with Crippen molar-refractivity contribution in [1.29, 1.82) is 0 Å². The molecule has 0 fully saturated rings. The first-order valence-corrected chi connectivity index (χ1v) is 11.5. The molecule has 0 aliphatic rings. The highest BCUT2D eigenvalue weighted by Crippen LogP contribution is 2.33. The second kappa shape index (κ2) is 11.4. The smallest absolute Gasteiger partial charge is 0.352 e. The number of carbonyl (C=O) groups is 2. The number of aryl methyl sites for hydroxylation is 1. The van der Waals surface area contributed by atoms with E-state index in [1.807, 2.05) is 13.8 Å². The standard InChI is InChI=1S/C26H25Cl2NO5/c1-5-6-18-13-17(7-12-24(18)34-33-16(4)30)23(31)11-10-22-25(15(2)3)32-26(29-22)20-9-8-19(27)14-21(20)28/h5,7-9,12-15H,1,6,10-11H2,2-4H3. The topological polar surface area (TPSA) is 78.6 Å².